The molecule has 1 N–H and O–H groups in total. The van der Waals surface area contributed by atoms with E-state index in [9.17, 15) is 9.59 Å². The van der Waals surface area contributed by atoms with Gasteiger partial charge in [0.1, 0.15) is 0 Å². The van der Waals surface area contributed by atoms with Crippen LogP contribution in [0.1, 0.15) is 19.3 Å². The first-order valence-corrected chi connectivity index (χ1v) is 6.21. The van der Waals surface area contributed by atoms with Gasteiger partial charge in [0, 0.05) is 19.0 Å². The highest BCUT2D eigenvalue weighted by Crippen LogP contribution is 2.25. The molecule has 0 unspecified atom stereocenters. The molecule has 2 heterocycles. The summed E-state index contributed by atoms with van der Waals surface area (Å²) in [5, 5.41) is 6.76. The molecule has 1 aliphatic rings. The van der Waals surface area contributed by atoms with Crippen molar-refractivity contribution in [1.82, 2.24) is 10.2 Å². The van der Waals surface area contributed by atoms with Gasteiger partial charge in [-0.2, -0.15) is 5.10 Å². The Bertz CT molecular complexity index is 586. The molecule has 1 fully saturated rings. The van der Waals surface area contributed by atoms with E-state index in [0.29, 0.717) is 24.9 Å². The first kappa shape index (κ1) is 11.6. The molecule has 0 spiro atoms. The zero-order valence-electron chi connectivity index (χ0n) is 10.3. The van der Waals surface area contributed by atoms with Crippen LogP contribution in [0.2, 0.25) is 0 Å². The quantitative estimate of drug-likeness (QED) is 0.836. The van der Waals surface area contributed by atoms with E-state index >= 15 is 0 Å². The number of benzene rings is 1. The average Bonchev–Trinajstić information content (AvgIpc) is 2.93. The maximum atomic E-state index is 11.8. The molecule has 0 atom stereocenters. The molecule has 2 aromatic rings. The number of nitrogens with zero attached hydrogens (tertiary/aromatic N) is 2. The van der Waals surface area contributed by atoms with Crippen LogP contribution in [0, 0.1) is 0 Å². The van der Waals surface area contributed by atoms with Crippen molar-refractivity contribution in [2.75, 3.05) is 4.90 Å². The van der Waals surface area contributed by atoms with Crippen molar-refractivity contribution < 1.29 is 9.59 Å². The Kier molecular flexibility index (Phi) is 2.87. The van der Waals surface area contributed by atoms with E-state index in [0.717, 1.165) is 11.3 Å². The molecule has 3 rings (SSSR count). The number of piperidine rings is 1. The fraction of sp³-hybridized carbons (Fsp3) is 0.214. The predicted molar refractivity (Wildman–Crippen MR) is 70.4 cm³/mol. The summed E-state index contributed by atoms with van der Waals surface area (Å²) in [5.74, 6) is -0.240. The van der Waals surface area contributed by atoms with Gasteiger partial charge >= 0.3 is 0 Å². The van der Waals surface area contributed by atoms with Gasteiger partial charge in [-0.25, -0.2) is 0 Å². The lowest BCUT2D eigenvalue weighted by Gasteiger charge is -2.24. The van der Waals surface area contributed by atoms with Gasteiger partial charge in [0.05, 0.1) is 11.4 Å². The normalized spacial score (nSPS) is 15.9. The number of anilines is 1. The summed E-state index contributed by atoms with van der Waals surface area (Å²) in [6.45, 7) is 0. The Labute approximate surface area is 110 Å². The van der Waals surface area contributed by atoms with Crippen LogP contribution in [0.15, 0.2) is 36.5 Å². The number of carbonyl (C=O) groups is 2. The summed E-state index contributed by atoms with van der Waals surface area (Å²) >= 11 is 0. The number of amides is 2. The predicted octanol–water partition coefficient (Wildman–Crippen LogP) is 2.12. The van der Waals surface area contributed by atoms with E-state index in [4.69, 9.17) is 0 Å². The third-order valence-electron chi connectivity index (χ3n) is 3.22. The van der Waals surface area contributed by atoms with Crippen molar-refractivity contribution in [3.8, 4) is 11.3 Å². The first-order chi connectivity index (χ1) is 9.25. The number of imide groups is 1. The van der Waals surface area contributed by atoms with Crippen LogP contribution in [-0.4, -0.2) is 22.0 Å². The minimum atomic E-state index is -0.120. The summed E-state index contributed by atoms with van der Waals surface area (Å²) in [5.41, 5.74) is 2.51. The maximum absolute atomic E-state index is 11.8. The number of H-pyrrole nitrogens is 1. The molecule has 19 heavy (non-hydrogen) atoms. The molecule has 96 valence electrons. The maximum Gasteiger partial charge on any atom is 0.233 e. The van der Waals surface area contributed by atoms with Crippen molar-refractivity contribution in [1.29, 1.82) is 0 Å². The van der Waals surface area contributed by atoms with Gasteiger partial charge in [-0.1, -0.05) is 12.1 Å². The fourth-order valence-corrected chi connectivity index (χ4v) is 2.25. The second-order valence-electron chi connectivity index (χ2n) is 4.49. The fourth-order valence-electron chi connectivity index (χ4n) is 2.25. The van der Waals surface area contributed by atoms with Gasteiger partial charge in [0.15, 0.2) is 0 Å². The van der Waals surface area contributed by atoms with Crippen molar-refractivity contribution in [2.24, 2.45) is 0 Å². The van der Waals surface area contributed by atoms with Gasteiger partial charge in [0.25, 0.3) is 0 Å². The zero-order chi connectivity index (χ0) is 13.2. The SMILES string of the molecule is O=C1CCCC(=O)N1c1ccc(-c2ccn[nH]2)cc1. The van der Waals surface area contributed by atoms with Crippen LogP contribution >= 0.6 is 0 Å². The zero-order valence-corrected chi connectivity index (χ0v) is 10.3. The molecule has 5 nitrogen and oxygen atoms in total. The number of rotatable bonds is 2. The van der Waals surface area contributed by atoms with E-state index in [1.165, 1.54) is 4.90 Å². The number of aromatic nitrogens is 2. The Morgan fingerprint density at radius 3 is 2.26 bits per heavy atom. The minimum Gasteiger partial charge on any atom is -0.278 e. The van der Waals surface area contributed by atoms with E-state index in [-0.39, 0.29) is 11.8 Å². The molecule has 0 aliphatic carbocycles. The van der Waals surface area contributed by atoms with Gasteiger partial charge in [-0.3, -0.25) is 19.6 Å². The Morgan fingerprint density at radius 2 is 1.68 bits per heavy atom. The van der Waals surface area contributed by atoms with Crippen LogP contribution in [0.5, 0.6) is 0 Å². The molecule has 5 heteroatoms. The van der Waals surface area contributed by atoms with Crippen LogP contribution in [0.4, 0.5) is 5.69 Å². The van der Waals surface area contributed by atoms with Crippen LogP contribution < -0.4 is 4.90 Å². The highest BCUT2D eigenvalue weighted by Gasteiger charge is 2.27. The van der Waals surface area contributed by atoms with E-state index < -0.39 is 0 Å². The van der Waals surface area contributed by atoms with Gasteiger partial charge < -0.3 is 0 Å². The van der Waals surface area contributed by atoms with E-state index in [1.54, 1.807) is 18.3 Å². The van der Waals surface area contributed by atoms with Gasteiger partial charge in [-0.05, 0) is 30.2 Å². The molecule has 1 aromatic carbocycles. The summed E-state index contributed by atoms with van der Waals surface area (Å²) in [4.78, 5) is 24.9. The van der Waals surface area contributed by atoms with Crippen molar-refractivity contribution in [2.45, 2.75) is 19.3 Å². The lowest BCUT2D eigenvalue weighted by Crippen LogP contribution is -2.40. The lowest BCUT2D eigenvalue weighted by molar-refractivity contribution is -0.129. The number of aromatic amines is 1. The van der Waals surface area contributed by atoms with Crippen molar-refractivity contribution in [3.05, 3.63) is 36.5 Å². The third kappa shape index (κ3) is 2.14. The van der Waals surface area contributed by atoms with E-state index in [2.05, 4.69) is 10.2 Å². The number of hydrogen-bond acceptors (Lipinski definition) is 3. The molecular weight excluding hydrogens is 242 g/mol. The number of nitrogens with one attached hydrogen (secondary N) is 1. The monoisotopic (exact) mass is 255 g/mol. The Morgan fingerprint density at radius 1 is 1.00 bits per heavy atom. The molecule has 0 radical (unpaired) electrons. The van der Waals surface area contributed by atoms with E-state index in [1.807, 2.05) is 18.2 Å². The second-order valence-corrected chi connectivity index (χ2v) is 4.49. The first-order valence-electron chi connectivity index (χ1n) is 6.21. The topological polar surface area (TPSA) is 66.1 Å². The van der Waals surface area contributed by atoms with Crippen LogP contribution in [0.25, 0.3) is 11.3 Å². The largest absolute Gasteiger partial charge is 0.278 e. The van der Waals surface area contributed by atoms with Gasteiger partial charge in [0.2, 0.25) is 11.8 Å². The molecule has 0 saturated carbocycles. The van der Waals surface area contributed by atoms with Crippen molar-refractivity contribution >= 4 is 17.5 Å². The average molecular weight is 255 g/mol. The molecular formula is C14H13N3O2. The van der Waals surface area contributed by atoms with Gasteiger partial charge in [-0.15, -0.1) is 0 Å². The Balaban J connectivity index is 1.90. The number of carbonyl (C=O) groups excluding carboxylic acids is 2. The lowest BCUT2D eigenvalue weighted by atomic mass is 10.1. The smallest absolute Gasteiger partial charge is 0.233 e. The minimum absolute atomic E-state index is 0.120. The molecule has 1 aromatic heterocycles. The van der Waals surface area contributed by atoms with Crippen LogP contribution in [0.3, 0.4) is 0 Å². The summed E-state index contributed by atoms with van der Waals surface area (Å²) in [6, 6.07) is 9.19. The number of hydrogen-bond donors (Lipinski definition) is 1. The second kappa shape index (κ2) is 4.68. The third-order valence-corrected chi connectivity index (χ3v) is 3.22. The highest BCUT2D eigenvalue weighted by molar-refractivity contribution is 6.16. The summed E-state index contributed by atoms with van der Waals surface area (Å²) in [6.07, 6.45) is 3.21. The van der Waals surface area contributed by atoms with Crippen molar-refractivity contribution in [3.63, 3.8) is 0 Å². The highest BCUT2D eigenvalue weighted by atomic mass is 16.2. The summed E-state index contributed by atoms with van der Waals surface area (Å²) in [7, 11) is 0. The standard InChI is InChI=1S/C14H13N3O2/c18-13-2-1-3-14(19)17(13)11-6-4-10(5-7-11)12-8-9-15-16-12/h4-9H,1-3H2,(H,15,16). The molecule has 1 saturated heterocycles. The molecule has 1 aliphatic heterocycles. The molecule has 2 amide bonds. The molecule has 0 bridgehead atoms. The Hall–Kier alpha value is -2.43. The van der Waals surface area contributed by atoms with Crippen LogP contribution in [-0.2, 0) is 9.59 Å². The summed E-state index contributed by atoms with van der Waals surface area (Å²) < 4.78 is 0.